The topological polar surface area (TPSA) is 76.3 Å². The highest BCUT2D eigenvalue weighted by Crippen LogP contribution is 2.39. The average Bonchev–Trinajstić information content (AvgIpc) is 3.35. The van der Waals surface area contributed by atoms with Crippen LogP contribution in [0.15, 0.2) is 42.4 Å². The molecule has 29 heavy (non-hydrogen) atoms. The molecule has 0 amide bonds. The molecular weight excluding hydrogens is 393 g/mol. The summed E-state index contributed by atoms with van der Waals surface area (Å²) >= 11 is 1.27. The molecular formula is C20H20FN5O2S. The Morgan fingerprint density at radius 1 is 1.24 bits per heavy atom. The second-order valence-corrected chi connectivity index (χ2v) is 8.43. The van der Waals surface area contributed by atoms with E-state index in [0.29, 0.717) is 22.2 Å². The molecule has 1 saturated heterocycles. The Bertz CT molecular complexity index is 1090. The van der Waals surface area contributed by atoms with Crippen LogP contribution in [0, 0.1) is 6.92 Å². The molecule has 2 aliphatic heterocycles. The first-order chi connectivity index (χ1) is 14.0. The summed E-state index contributed by atoms with van der Waals surface area (Å²) in [4.78, 5) is 2.04. The fourth-order valence-electron chi connectivity index (χ4n) is 3.97. The fourth-order valence-corrected chi connectivity index (χ4v) is 4.77. The van der Waals surface area contributed by atoms with Gasteiger partial charge in [0.1, 0.15) is 17.7 Å². The zero-order valence-electron chi connectivity index (χ0n) is 16.0. The number of nitrogens with zero attached hydrogens (tertiary/aromatic N) is 5. The lowest BCUT2D eigenvalue weighted by molar-refractivity contribution is 0.0671. The molecule has 0 radical (unpaired) electrons. The van der Waals surface area contributed by atoms with E-state index < -0.39 is 0 Å². The highest BCUT2D eigenvalue weighted by Gasteiger charge is 2.41. The molecule has 1 N–H and O–H groups in total. The van der Waals surface area contributed by atoms with Crippen molar-refractivity contribution in [2.24, 2.45) is 0 Å². The zero-order valence-corrected chi connectivity index (χ0v) is 16.8. The van der Waals surface area contributed by atoms with Gasteiger partial charge in [-0.25, -0.2) is 9.07 Å². The summed E-state index contributed by atoms with van der Waals surface area (Å²) in [5.41, 5.74) is 2.25. The number of rotatable bonds is 4. The van der Waals surface area contributed by atoms with E-state index in [0.717, 1.165) is 17.8 Å². The molecule has 0 spiro atoms. The number of benzene rings is 1. The van der Waals surface area contributed by atoms with E-state index in [4.69, 9.17) is 4.74 Å². The van der Waals surface area contributed by atoms with Gasteiger partial charge < -0.3 is 9.84 Å². The summed E-state index contributed by atoms with van der Waals surface area (Å²) in [6.45, 7) is 1.91. The van der Waals surface area contributed by atoms with Gasteiger partial charge in [0.05, 0.1) is 23.0 Å². The maximum absolute atomic E-state index is 14.0. The molecule has 3 unspecified atom stereocenters. The molecule has 1 aromatic carbocycles. The van der Waals surface area contributed by atoms with Crippen molar-refractivity contribution in [1.29, 1.82) is 0 Å². The summed E-state index contributed by atoms with van der Waals surface area (Å²) in [5, 5.41) is 24.1. The van der Waals surface area contributed by atoms with E-state index in [2.05, 4.69) is 15.3 Å². The van der Waals surface area contributed by atoms with Crippen LogP contribution in [0.3, 0.4) is 0 Å². The highest BCUT2D eigenvalue weighted by atomic mass is 32.1. The van der Waals surface area contributed by atoms with E-state index in [1.165, 1.54) is 11.3 Å². The van der Waals surface area contributed by atoms with E-state index >= 15 is 0 Å². The van der Waals surface area contributed by atoms with Gasteiger partial charge in [0.15, 0.2) is 5.01 Å². The number of fused-ring (bicyclic) bond motifs is 2. The van der Waals surface area contributed by atoms with Crippen LogP contribution in [0.5, 0.6) is 10.9 Å². The standard InChI is InChI=1S/C20H20FN5O2S/c1-11-5-6-26(24-11)12-3-4-15(18(27)9-12)19-22-23-20(29-19)28-14-7-13-8-16(21)17(10-14)25(13)2/h3-6,8-9,13-14,17,27H,7,10H2,1-2H3. The lowest BCUT2D eigenvalue weighted by atomic mass is 9.99. The lowest BCUT2D eigenvalue weighted by Crippen LogP contribution is -2.45. The minimum Gasteiger partial charge on any atom is -0.507 e. The number of hydrogen-bond acceptors (Lipinski definition) is 7. The SMILES string of the molecule is Cc1ccn(-c2ccc(-c3nnc(OC4CC5C=C(F)C(C4)N5C)s3)c(O)c2)n1. The van der Waals surface area contributed by atoms with E-state index in [1.54, 1.807) is 22.9 Å². The normalized spacial score (nSPS) is 24.0. The third kappa shape index (κ3) is 3.30. The fraction of sp³-hybridized carbons (Fsp3) is 0.350. The van der Waals surface area contributed by atoms with E-state index in [-0.39, 0.29) is 29.8 Å². The smallest absolute Gasteiger partial charge is 0.294 e. The minimum atomic E-state index is -0.214. The van der Waals surface area contributed by atoms with Crippen LogP contribution in [0.1, 0.15) is 18.5 Å². The van der Waals surface area contributed by atoms with Gasteiger partial charge in [-0.05, 0) is 38.2 Å². The Labute approximate surface area is 171 Å². The van der Waals surface area contributed by atoms with Gasteiger partial charge in [-0.1, -0.05) is 16.4 Å². The summed E-state index contributed by atoms with van der Waals surface area (Å²) in [6, 6.07) is 7.05. The van der Waals surface area contributed by atoms with Gasteiger partial charge in [0, 0.05) is 31.1 Å². The predicted molar refractivity (Wildman–Crippen MR) is 107 cm³/mol. The van der Waals surface area contributed by atoms with Gasteiger partial charge in [-0.3, -0.25) is 4.90 Å². The van der Waals surface area contributed by atoms with Crippen LogP contribution in [-0.2, 0) is 0 Å². The largest absolute Gasteiger partial charge is 0.507 e. The highest BCUT2D eigenvalue weighted by molar-refractivity contribution is 7.16. The Kier molecular flexibility index (Phi) is 4.36. The van der Waals surface area contributed by atoms with Crippen LogP contribution in [0.2, 0.25) is 0 Å². The zero-order chi connectivity index (χ0) is 20.1. The van der Waals surface area contributed by atoms with Crippen molar-refractivity contribution in [3.8, 4) is 27.2 Å². The molecule has 0 aliphatic carbocycles. The maximum atomic E-state index is 14.0. The van der Waals surface area contributed by atoms with E-state index in [9.17, 15) is 9.50 Å². The number of likely N-dealkylation sites (N-methyl/N-ethyl adjacent to an activating group) is 1. The van der Waals surface area contributed by atoms with Gasteiger partial charge in [0.2, 0.25) is 0 Å². The number of aromatic nitrogens is 4. The molecule has 1 fully saturated rings. The number of phenols is 1. The van der Waals surface area contributed by atoms with Crippen molar-refractivity contribution in [1.82, 2.24) is 24.9 Å². The number of phenolic OH excluding ortho intramolecular Hbond substituents is 1. The number of aryl methyl sites for hydroxylation is 1. The molecule has 5 rings (SSSR count). The van der Waals surface area contributed by atoms with Crippen molar-refractivity contribution in [3.05, 3.63) is 48.1 Å². The van der Waals surface area contributed by atoms with Crippen molar-refractivity contribution >= 4 is 11.3 Å². The number of aromatic hydroxyl groups is 1. The van der Waals surface area contributed by atoms with Gasteiger partial charge in [-0.15, -0.1) is 5.10 Å². The molecule has 3 atom stereocenters. The van der Waals surface area contributed by atoms with Crippen LogP contribution < -0.4 is 4.74 Å². The number of piperidine rings is 1. The molecule has 9 heteroatoms. The second kappa shape index (κ2) is 6.93. The molecule has 2 aromatic heterocycles. The first kappa shape index (κ1) is 18.3. The summed E-state index contributed by atoms with van der Waals surface area (Å²) in [6.07, 6.45) is 4.73. The summed E-state index contributed by atoms with van der Waals surface area (Å²) < 4.78 is 21.7. The molecule has 4 heterocycles. The number of ether oxygens (including phenoxy) is 1. The quantitative estimate of drug-likeness (QED) is 0.706. The third-order valence-corrected chi connectivity index (χ3v) is 6.40. The predicted octanol–water partition coefficient (Wildman–Crippen LogP) is 3.48. The first-order valence-corrected chi connectivity index (χ1v) is 10.2. The minimum absolute atomic E-state index is 0.0636. The van der Waals surface area contributed by atoms with Gasteiger partial charge in [0.25, 0.3) is 5.19 Å². The van der Waals surface area contributed by atoms with E-state index in [1.807, 2.05) is 37.2 Å². The second-order valence-electron chi connectivity index (χ2n) is 7.49. The molecule has 2 aliphatic rings. The van der Waals surface area contributed by atoms with Gasteiger partial charge >= 0.3 is 0 Å². The summed E-state index contributed by atoms with van der Waals surface area (Å²) in [7, 11) is 1.94. The Morgan fingerprint density at radius 3 is 2.83 bits per heavy atom. The van der Waals surface area contributed by atoms with Crippen molar-refractivity contribution in [3.63, 3.8) is 0 Å². The molecule has 7 nitrogen and oxygen atoms in total. The van der Waals surface area contributed by atoms with Gasteiger partial charge in [-0.2, -0.15) is 5.10 Å². The molecule has 3 aromatic rings. The van der Waals surface area contributed by atoms with Crippen LogP contribution in [0.25, 0.3) is 16.3 Å². The van der Waals surface area contributed by atoms with Crippen LogP contribution in [-0.4, -0.2) is 55.2 Å². The number of hydrogen-bond donors (Lipinski definition) is 1. The third-order valence-electron chi connectivity index (χ3n) is 5.55. The Hall–Kier alpha value is -2.78. The van der Waals surface area contributed by atoms with Crippen molar-refractivity contribution in [2.75, 3.05) is 7.05 Å². The average molecular weight is 413 g/mol. The van der Waals surface area contributed by atoms with Crippen LogP contribution >= 0.6 is 11.3 Å². The van der Waals surface area contributed by atoms with Crippen molar-refractivity contribution in [2.45, 2.75) is 38.0 Å². The monoisotopic (exact) mass is 413 g/mol. The molecule has 2 bridgehead atoms. The number of halogens is 1. The van der Waals surface area contributed by atoms with Crippen LogP contribution in [0.4, 0.5) is 4.39 Å². The Balaban J connectivity index is 1.32. The molecule has 150 valence electrons. The first-order valence-electron chi connectivity index (χ1n) is 9.43. The van der Waals surface area contributed by atoms with Crippen molar-refractivity contribution < 1.29 is 14.2 Å². The maximum Gasteiger partial charge on any atom is 0.294 e. The lowest BCUT2D eigenvalue weighted by Gasteiger charge is -2.35. The summed E-state index contributed by atoms with van der Waals surface area (Å²) in [5.74, 6) is 0.0286. The molecule has 0 saturated carbocycles. The Morgan fingerprint density at radius 2 is 2.10 bits per heavy atom.